The normalized spacial score (nSPS) is 14.9. The first-order chi connectivity index (χ1) is 14.9. The number of anilines is 1. The molecule has 1 aliphatic heterocycles. The molecule has 0 radical (unpaired) electrons. The summed E-state index contributed by atoms with van der Waals surface area (Å²) in [5, 5.41) is 2.71. The minimum atomic E-state index is -4.09. The summed E-state index contributed by atoms with van der Waals surface area (Å²) < 4.78 is 46.0. The van der Waals surface area contributed by atoms with Gasteiger partial charge in [-0.2, -0.15) is 0 Å². The Morgan fingerprint density at radius 2 is 1.87 bits per heavy atom. The van der Waals surface area contributed by atoms with Crippen molar-refractivity contribution in [2.75, 3.05) is 44.7 Å². The maximum Gasteiger partial charge on any atom is 0.255 e. The van der Waals surface area contributed by atoms with Crippen LogP contribution in [-0.4, -0.2) is 58.6 Å². The molecule has 2 aromatic rings. The highest BCUT2D eigenvalue weighted by Gasteiger charge is 2.20. The zero-order valence-corrected chi connectivity index (χ0v) is 18.0. The minimum absolute atomic E-state index is 0.0387. The highest BCUT2D eigenvalue weighted by atomic mass is 32.2. The van der Waals surface area contributed by atoms with Gasteiger partial charge in [0.1, 0.15) is 10.7 Å². The van der Waals surface area contributed by atoms with Gasteiger partial charge in [0.25, 0.3) is 5.91 Å². The van der Waals surface area contributed by atoms with Crippen LogP contribution in [0.15, 0.2) is 60.0 Å². The standard InChI is InChI=1S/C22H26FN3O4S/c1-2-10-24-31(28,29)21-16-18(5-8-20(21)23)22(27)25-19-6-3-17(4-7-19)9-11-26-12-14-30-15-13-26/h2-8,16,24H,1,9-15H2,(H,25,27). The fraction of sp³-hybridized carbons (Fsp3) is 0.318. The highest BCUT2D eigenvalue weighted by Crippen LogP contribution is 2.18. The van der Waals surface area contributed by atoms with E-state index >= 15 is 0 Å². The molecule has 0 saturated carbocycles. The molecular formula is C22H26FN3O4S. The van der Waals surface area contributed by atoms with Crippen molar-refractivity contribution in [1.82, 2.24) is 9.62 Å². The van der Waals surface area contributed by atoms with Gasteiger partial charge in [0, 0.05) is 37.4 Å². The Labute approximate surface area is 182 Å². The van der Waals surface area contributed by atoms with E-state index in [4.69, 9.17) is 4.74 Å². The third-order valence-electron chi connectivity index (χ3n) is 4.93. The van der Waals surface area contributed by atoms with Crippen LogP contribution in [-0.2, 0) is 21.2 Å². The number of nitrogens with zero attached hydrogens (tertiary/aromatic N) is 1. The number of rotatable bonds is 9. The molecule has 0 atom stereocenters. The molecule has 166 valence electrons. The first-order valence-corrected chi connectivity index (χ1v) is 11.5. The summed E-state index contributed by atoms with van der Waals surface area (Å²) in [5.41, 5.74) is 1.75. The van der Waals surface area contributed by atoms with E-state index in [-0.39, 0.29) is 12.1 Å². The summed E-state index contributed by atoms with van der Waals surface area (Å²) in [6.07, 6.45) is 2.24. The molecular weight excluding hydrogens is 421 g/mol. The van der Waals surface area contributed by atoms with Crippen LogP contribution in [0.2, 0.25) is 0 Å². The average molecular weight is 448 g/mol. The smallest absolute Gasteiger partial charge is 0.255 e. The largest absolute Gasteiger partial charge is 0.379 e. The Bertz CT molecular complexity index is 1020. The van der Waals surface area contributed by atoms with Gasteiger partial charge >= 0.3 is 0 Å². The zero-order valence-electron chi connectivity index (χ0n) is 17.1. The molecule has 1 aliphatic rings. The fourth-order valence-corrected chi connectivity index (χ4v) is 4.27. The van der Waals surface area contributed by atoms with Crippen LogP contribution in [0.3, 0.4) is 0 Å². The molecule has 2 aromatic carbocycles. The van der Waals surface area contributed by atoms with E-state index in [0.29, 0.717) is 5.69 Å². The Kier molecular flexibility index (Phi) is 7.91. The first-order valence-electron chi connectivity index (χ1n) is 9.99. The molecule has 2 N–H and O–H groups in total. The lowest BCUT2D eigenvalue weighted by Crippen LogP contribution is -2.37. The van der Waals surface area contributed by atoms with E-state index in [2.05, 4.69) is 21.5 Å². The maximum atomic E-state index is 14.0. The van der Waals surface area contributed by atoms with E-state index in [0.717, 1.165) is 57.0 Å². The molecule has 7 nitrogen and oxygen atoms in total. The summed E-state index contributed by atoms with van der Waals surface area (Å²) in [6.45, 7) is 7.73. The molecule has 1 saturated heterocycles. The second-order valence-corrected chi connectivity index (χ2v) is 8.88. The van der Waals surface area contributed by atoms with E-state index in [9.17, 15) is 17.6 Å². The Morgan fingerprint density at radius 3 is 2.55 bits per heavy atom. The average Bonchev–Trinajstić information content (AvgIpc) is 2.78. The van der Waals surface area contributed by atoms with Gasteiger partial charge in [0.05, 0.1) is 13.2 Å². The van der Waals surface area contributed by atoms with Crippen molar-refractivity contribution < 1.29 is 22.3 Å². The van der Waals surface area contributed by atoms with Crippen LogP contribution in [0.5, 0.6) is 0 Å². The molecule has 1 heterocycles. The maximum absolute atomic E-state index is 14.0. The predicted molar refractivity (Wildman–Crippen MR) is 117 cm³/mol. The number of carbonyl (C=O) groups excluding carboxylic acids is 1. The van der Waals surface area contributed by atoms with E-state index in [1.54, 1.807) is 12.1 Å². The number of ether oxygens (including phenoxy) is 1. The molecule has 9 heteroatoms. The number of morpholine rings is 1. The Morgan fingerprint density at radius 1 is 1.16 bits per heavy atom. The molecule has 1 amide bonds. The number of sulfonamides is 1. The SMILES string of the molecule is C=CCNS(=O)(=O)c1cc(C(=O)Nc2ccc(CCN3CCOCC3)cc2)ccc1F. The Balaban J connectivity index is 1.63. The topological polar surface area (TPSA) is 87.7 Å². The lowest BCUT2D eigenvalue weighted by Gasteiger charge is -2.26. The molecule has 0 aromatic heterocycles. The molecule has 3 rings (SSSR count). The molecule has 0 bridgehead atoms. The van der Waals surface area contributed by atoms with E-state index in [1.807, 2.05) is 12.1 Å². The van der Waals surface area contributed by atoms with Crippen LogP contribution in [0.4, 0.5) is 10.1 Å². The van der Waals surface area contributed by atoms with Crippen molar-refractivity contribution in [2.24, 2.45) is 0 Å². The van der Waals surface area contributed by atoms with Gasteiger partial charge in [-0.15, -0.1) is 6.58 Å². The quantitative estimate of drug-likeness (QED) is 0.577. The summed E-state index contributed by atoms with van der Waals surface area (Å²) >= 11 is 0. The van der Waals surface area contributed by atoms with Crippen molar-refractivity contribution in [3.63, 3.8) is 0 Å². The van der Waals surface area contributed by atoms with Crippen molar-refractivity contribution in [3.8, 4) is 0 Å². The summed E-state index contributed by atoms with van der Waals surface area (Å²) in [7, 11) is -4.09. The number of nitrogens with one attached hydrogen (secondary N) is 2. The summed E-state index contributed by atoms with van der Waals surface area (Å²) in [6, 6.07) is 10.7. The lowest BCUT2D eigenvalue weighted by atomic mass is 10.1. The lowest BCUT2D eigenvalue weighted by molar-refractivity contribution is 0.0384. The third kappa shape index (κ3) is 6.44. The minimum Gasteiger partial charge on any atom is -0.379 e. The number of amides is 1. The number of benzene rings is 2. The number of carbonyl (C=O) groups is 1. The van der Waals surface area contributed by atoms with Crippen molar-refractivity contribution >= 4 is 21.6 Å². The monoisotopic (exact) mass is 447 g/mol. The number of hydrogen-bond donors (Lipinski definition) is 2. The molecule has 0 spiro atoms. The van der Waals surface area contributed by atoms with Crippen LogP contribution in [0, 0.1) is 5.82 Å². The van der Waals surface area contributed by atoms with Crippen LogP contribution < -0.4 is 10.0 Å². The van der Waals surface area contributed by atoms with Gasteiger partial charge in [-0.05, 0) is 42.3 Å². The first kappa shape index (κ1) is 23.1. The Hall–Kier alpha value is -2.59. The second-order valence-electron chi connectivity index (χ2n) is 7.14. The summed E-state index contributed by atoms with van der Waals surface area (Å²) in [4.78, 5) is 14.3. The van der Waals surface area contributed by atoms with Gasteiger partial charge in [-0.3, -0.25) is 9.69 Å². The van der Waals surface area contributed by atoms with E-state index in [1.165, 1.54) is 12.1 Å². The van der Waals surface area contributed by atoms with Crippen molar-refractivity contribution in [1.29, 1.82) is 0 Å². The molecule has 1 fully saturated rings. The van der Waals surface area contributed by atoms with Gasteiger partial charge < -0.3 is 10.1 Å². The molecule has 31 heavy (non-hydrogen) atoms. The van der Waals surface area contributed by atoms with Crippen molar-refractivity contribution in [2.45, 2.75) is 11.3 Å². The van der Waals surface area contributed by atoms with Gasteiger partial charge in [0.2, 0.25) is 10.0 Å². The zero-order chi connectivity index (χ0) is 22.3. The number of hydrogen-bond acceptors (Lipinski definition) is 5. The van der Waals surface area contributed by atoms with Crippen LogP contribution in [0.1, 0.15) is 15.9 Å². The highest BCUT2D eigenvalue weighted by molar-refractivity contribution is 7.89. The predicted octanol–water partition coefficient (Wildman–Crippen LogP) is 2.42. The van der Waals surface area contributed by atoms with Gasteiger partial charge in [-0.1, -0.05) is 18.2 Å². The van der Waals surface area contributed by atoms with Gasteiger partial charge in [-0.25, -0.2) is 17.5 Å². The summed E-state index contributed by atoms with van der Waals surface area (Å²) in [5.74, 6) is -1.46. The van der Waals surface area contributed by atoms with Crippen molar-refractivity contribution in [3.05, 3.63) is 72.1 Å². The van der Waals surface area contributed by atoms with Gasteiger partial charge in [0.15, 0.2) is 0 Å². The fourth-order valence-electron chi connectivity index (χ4n) is 3.17. The van der Waals surface area contributed by atoms with Crippen LogP contribution >= 0.6 is 0 Å². The third-order valence-corrected chi connectivity index (χ3v) is 6.37. The second kappa shape index (κ2) is 10.6. The molecule has 0 aliphatic carbocycles. The van der Waals surface area contributed by atoms with E-state index < -0.39 is 26.6 Å². The van der Waals surface area contributed by atoms with Crippen LogP contribution in [0.25, 0.3) is 0 Å². The number of halogens is 1. The molecule has 0 unspecified atom stereocenters.